The molecule has 110 valence electrons. The van der Waals surface area contributed by atoms with Gasteiger partial charge in [-0.25, -0.2) is 0 Å². The van der Waals surface area contributed by atoms with E-state index in [1.54, 1.807) is 6.92 Å². The van der Waals surface area contributed by atoms with Crippen LogP contribution in [0.4, 0.5) is 13.2 Å². The first-order chi connectivity index (χ1) is 8.38. The van der Waals surface area contributed by atoms with Gasteiger partial charge in [-0.05, 0) is 32.4 Å². The number of nitrogens with two attached hydrogens (primary N) is 1. The molecule has 0 aliphatic heterocycles. The zero-order chi connectivity index (χ0) is 14.2. The van der Waals surface area contributed by atoms with Crippen LogP contribution in [0.25, 0.3) is 0 Å². The summed E-state index contributed by atoms with van der Waals surface area (Å²) in [6.45, 7) is 6.64. The summed E-state index contributed by atoms with van der Waals surface area (Å²) in [6, 6.07) is -2.33. The van der Waals surface area contributed by atoms with Crippen LogP contribution >= 0.6 is 0 Å². The second kappa shape index (κ2) is 8.75. The van der Waals surface area contributed by atoms with Crippen LogP contribution in [0, 0.1) is 0 Å². The maximum atomic E-state index is 13.1. The van der Waals surface area contributed by atoms with E-state index < -0.39 is 18.3 Å². The van der Waals surface area contributed by atoms with Crippen molar-refractivity contribution < 1.29 is 13.2 Å². The lowest BCUT2D eigenvalue weighted by Crippen LogP contribution is -2.56. The van der Waals surface area contributed by atoms with Crippen molar-refractivity contribution in [2.24, 2.45) is 5.73 Å². The van der Waals surface area contributed by atoms with Gasteiger partial charge >= 0.3 is 6.18 Å². The molecule has 2 unspecified atom stereocenters. The molecule has 0 amide bonds. The van der Waals surface area contributed by atoms with Crippen molar-refractivity contribution in [3.05, 3.63) is 0 Å². The average molecular weight is 268 g/mol. The maximum absolute atomic E-state index is 13.1. The third kappa shape index (κ3) is 6.05. The fourth-order valence-corrected chi connectivity index (χ4v) is 2.06. The summed E-state index contributed by atoms with van der Waals surface area (Å²) in [6.07, 6.45) is -0.529. The van der Waals surface area contributed by atoms with Crippen LogP contribution in [0.1, 0.15) is 52.9 Å². The van der Waals surface area contributed by atoms with E-state index in [4.69, 9.17) is 5.73 Å². The van der Waals surface area contributed by atoms with Gasteiger partial charge in [0, 0.05) is 6.04 Å². The molecule has 0 bridgehead atoms. The lowest BCUT2D eigenvalue weighted by Gasteiger charge is -2.36. The first kappa shape index (κ1) is 17.7. The standard InChI is InChI=1S/C13H27F3N2/c1-4-7-9-18(10-8-5-2)12(11(17)6-3)13(14,15)16/h11-12H,4-10,17H2,1-3H3. The molecular weight excluding hydrogens is 241 g/mol. The predicted octanol–water partition coefficient (Wildman–Crippen LogP) is 3.56. The highest BCUT2D eigenvalue weighted by Crippen LogP contribution is 2.28. The molecule has 0 heterocycles. The number of halogens is 3. The molecule has 0 aromatic carbocycles. The van der Waals surface area contributed by atoms with E-state index in [1.807, 2.05) is 13.8 Å². The molecule has 0 rings (SSSR count). The smallest absolute Gasteiger partial charge is 0.326 e. The van der Waals surface area contributed by atoms with Crippen LogP contribution in [0.3, 0.4) is 0 Å². The van der Waals surface area contributed by atoms with E-state index in [-0.39, 0.29) is 0 Å². The minimum atomic E-state index is -4.24. The Labute approximate surface area is 109 Å². The Morgan fingerprint density at radius 3 is 1.72 bits per heavy atom. The minimum Gasteiger partial charge on any atom is -0.326 e. The third-order valence-electron chi connectivity index (χ3n) is 3.20. The molecule has 0 aromatic heterocycles. The fraction of sp³-hybridized carbons (Fsp3) is 1.00. The van der Waals surface area contributed by atoms with Gasteiger partial charge in [0.2, 0.25) is 0 Å². The van der Waals surface area contributed by atoms with Gasteiger partial charge in [0.25, 0.3) is 0 Å². The van der Waals surface area contributed by atoms with Gasteiger partial charge in [-0.2, -0.15) is 13.2 Å². The summed E-state index contributed by atoms with van der Waals surface area (Å²) in [5.74, 6) is 0. The van der Waals surface area contributed by atoms with Crippen molar-refractivity contribution in [3.63, 3.8) is 0 Å². The van der Waals surface area contributed by atoms with Crippen molar-refractivity contribution in [1.82, 2.24) is 4.90 Å². The van der Waals surface area contributed by atoms with Crippen LogP contribution < -0.4 is 5.73 Å². The molecule has 2 atom stereocenters. The number of alkyl halides is 3. The summed E-state index contributed by atoms with van der Waals surface area (Å²) in [4.78, 5) is 1.53. The van der Waals surface area contributed by atoms with Crippen LogP contribution in [0.2, 0.25) is 0 Å². The second-order valence-electron chi connectivity index (χ2n) is 4.80. The molecule has 0 saturated heterocycles. The number of hydrogen-bond acceptors (Lipinski definition) is 2. The van der Waals surface area contributed by atoms with Gasteiger partial charge in [-0.15, -0.1) is 0 Å². The Morgan fingerprint density at radius 2 is 1.44 bits per heavy atom. The molecule has 0 fully saturated rings. The van der Waals surface area contributed by atoms with Crippen LogP contribution in [0.15, 0.2) is 0 Å². The third-order valence-corrected chi connectivity index (χ3v) is 3.20. The Balaban J connectivity index is 4.82. The average Bonchev–Trinajstić information content (AvgIpc) is 2.30. The first-order valence-corrected chi connectivity index (χ1v) is 6.94. The van der Waals surface area contributed by atoms with Gasteiger partial charge in [0.1, 0.15) is 6.04 Å². The molecule has 18 heavy (non-hydrogen) atoms. The van der Waals surface area contributed by atoms with Crippen LogP contribution in [-0.2, 0) is 0 Å². The van der Waals surface area contributed by atoms with E-state index >= 15 is 0 Å². The van der Waals surface area contributed by atoms with Gasteiger partial charge < -0.3 is 5.73 Å². The Kier molecular flexibility index (Phi) is 8.61. The second-order valence-corrected chi connectivity index (χ2v) is 4.80. The van der Waals surface area contributed by atoms with Crippen LogP contribution in [-0.4, -0.2) is 36.2 Å². The van der Waals surface area contributed by atoms with Gasteiger partial charge in [0.05, 0.1) is 0 Å². The highest BCUT2D eigenvalue weighted by Gasteiger charge is 2.46. The SMILES string of the molecule is CCCCN(CCCC)C(C(N)CC)C(F)(F)F. The Morgan fingerprint density at radius 1 is 1.00 bits per heavy atom. The monoisotopic (exact) mass is 268 g/mol. The summed E-state index contributed by atoms with van der Waals surface area (Å²) in [5, 5.41) is 0. The van der Waals surface area contributed by atoms with Gasteiger partial charge in [0.15, 0.2) is 0 Å². The molecular formula is C13H27F3N2. The largest absolute Gasteiger partial charge is 0.405 e. The van der Waals surface area contributed by atoms with E-state index in [9.17, 15) is 13.2 Å². The van der Waals surface area contributed by atoms with Crippen LogP contribution in [0.5, 0.6) is 0 Å². The van der Waals surface area contributed by atoms with Gasteiger partial charge in [-0.1, -0.05) is 33.6 Å². The quantitative estimate of drug-likeness (QED) is 0.693. The highest BCUT2D eigenvalue weighted by atomic mass is 19.4. The predicted molar refractivity (Wildman–Crippen MR) is 69.5 cm³/mol. The number of nitrogens with zero attached hydrogens (tertiary/aromatic N) is 1. The van der Waals surface area contributed by atoms with E-state index in [0.29, 0.717) is 19.5 Å². The summed E-state index contributed by atoms with van der Waals surface area (Å²) >= 11 is 0. The Hall–Kier alpha value is -0.290. The van der Waals surface area contributed by atoms with Crippen molar-refractivity contribution in [2.45, 2.75) is 71.1 Å². The fourth-order valence-electron chi connectivity index (χ4n) is 2.06. The van der Waals surface area contributed by atoms with Crippen molar-refractivity contribution in [2.75, 3.05) is 13.1 Å². The molecule has 0 aliphatic rings. The molecule has 0 spiro atoms. The zero-order valence-electron chi connectivity index (χ0n) is 11.8. The molecule has 0 aliphatic carbocycles. The molecule has 0 radical (unpaired) electrons. The lowest BCUT2D eigenvalue weighted by atomic mass is 10.0. The lowest BCUT2D eigenvalue weighted by molar-refractivity contribution is -0.190. The number of hydrogen-bond donors (Lipinski definition) is 1. The van der Waals surface area contributed by atoms with E-state index in [0.717, 1.165) is 25.7 Å². The minimum absolute atomic E-state index is 0.346. The van der Waals surface area contributed by atoms with Crippen molar-refractivity contribution in [1.29, 1.82) is 0 Å². The van der Waals surface area contributed by atoms with Crippen molar-refractivity contribution >= 4 is 0 Å². The summed E-state index contributed by atoms with van der Waals surface area (Å²) < 4.78 is 39.4. The molecule has 0 aromatic rings. The highest BCUT2D eigenvalue weighted by molar-refractivity contribution is 4.87. The zero-order valence-corrected chi connectivity index (χ0v) is 11.8. The molecule has 0 saturated carbocycles. The normalized spacial score (nSPS) is 16.0. The number of rotatable bonds is 9. The topological polar surface area (TPSA) is 29.3 Å². The van der Waals surface area contributed by atoms with E-state index in [1.165, 1.54) is 4.90 Å². The maximum Gasteiger partial charge on any atom is 0.405 e. The summed E-state index contributed by atoms with van der Waals surface area (Å²) in [7, 11) is 0. The molecule has 2 N–H and O–H groups in total. The van der Waals surface area contributed by atoms with Gasteiger partial charge in [-0.3, -0.25) is 4.90 Å². The number of unbranched alkanes of at least 4 members (excludes halogenated alkanes) is 2. The first-order valence-electron chi connectivity index (χ1n) is 6.94. The summed E-state index contributed by atoms with van der Waals surface area (Å²) in [5.41, 5.74) is 5.69. The molecule has 5 heteroatoms. The van der Waals surface area contributed by atoms with E-state index in [2.05, 4.69) is 0 Å². The molecule has 2 nitrogen and oxygen atoms in total. The van der Waals surface area contributed by atoms with Crippen molar-refractivity contribution in [3.8, 4) is 0 Å². The Bertz CT molecular complexity index is 199.